The Morgan fingerprint density at radius 2 is 2.06 bits per heavy atom. The van der Waals surface area contributed by atoms with Crippen LogP contribution in [-0.4, -0.2) is 6.29 Å². The van der Waals surface area contributed by atoms with Crippen molar-refractivity contribution < 1.29 is 4.79 Å². The van der Waals surface area contributed by atoms with E-state index in [4.69, 9.17) is 0 Å². The van der Waals surface area contributed by atoms with Gasteiger partial charge in [0.15, 0.2) is 0 Å². The molecule has 4 atom stereocenters. The third kappa shape index (κ3) is 1.40. The molecule has 2 aliphatic rings. The maximum Gasteiger partial charge on any atom is 0.127 e. The molecule has 2 aliphatic carbocycles. The smallest absolute Gasteiger partial charge is 0.127 e. The molecule has 1 heteroatoms. The van der Waals surface area contributed by atoms with Crippen molar-refractivity contribution in [2.75, 3.05) is 0 Å². The fourth-order valence-corrected chi connectivity index (χ4v) is 4.39. The molecule has 4 unspecified atom stereocenters. The number of carbonyl (C=O) groups is 1. The first kappa shape index (κ1) is 11.9. The number of rotatable bonds is 3. The maximum absolute atomic E-state index is 11.7. The average molecular weight is 220 g/mol. The van der Waals surface area contributed by atoms with Gasteiger partial charge in [-0.15, -0.1) is 6.58 Å². The minimum Gasteiger partial charge on any atom is -0.303 e. The number of aldehydes is 1. The van der Waals surface area contributed by atoms with Crippen LogP contribution in [0, 0.1) is 28.6 Å². The summed E-state index contributed by atoms with van der Waals surface area (Å²) in [5.74, 6) is 1.89. The second-order valence-electron chi connectivity index (χ2n) is 6.75. The van der Waals surface area contributed by atoms with Gasteiger partial charge in [-0.2, -0.15) is 0 Å². The minimum absolute atomic E-state index is 0.113. The summed E-state index contributed by atoms with van der Waals surface area (Å²) >= 11 is 0. The van der Waals surface area contributed by atoms with Crippen molar-refractivity contribution in [2.24, 2.45) is 28.6 Å². The van der Waals surface area contributed by atoms with E-state index in [0.29, 0.717) is 17.3 Å². The van der Waals surface area contributed by atoms with Crippen molar-refractivity contribution in [3.63, 3.8) is 0 Å². The molecule has 0 aromatic rings. The summed E-state index contributed by atoms with van der Waals surface area (Å²) in [6.45, 7) is 13.0. The Bertz CT molecular complexity index is 328. The zero-order chi connectivity index (χ0) is 12.1. The minimum atomic E-state index is -0.113. The molecule has 0 aliphatic heterocycles. The Labute approximate surface area is 99.3 Å². The van der Waals surface area contributed by atoms with Gasteiger partial charge >= 0.3 is 0 Å². The second kappa shape index (κ2) is 3.45. The fourth-order valence-electron chi connectivity index (χ4n) is 4.39. The molecule has 0 saturated heterocycles. The van der Waals surface area contributed by atoms with Gasteiger partial charge in [-0.05, 0) is 49.4 Å². The molecule has 0 aromatic carbocycles. The Morgan fingerprint density at radius 1 is 1.44 bits per heavy atom. The number of fused-ring (bicyclic) bond motifs is 1. The summed E-state index contributed by atoms with van der Waals surface area (Å²) in [6.07, 6.45) is 4.67. The van der Waals surface area contributed by atoms with Gasteiger partial charge in [-0.1, -0.05) is 26.3 Å². The molecule has 0 spiro atoms. The van der Waals surface area contributed by atoms with Gasteiger partial charge < -0.3 is 4.79 Å². The Balaban J connectivity index is 2.34. The highest BCUT2D eigenvalue weighted by Crippen LogP contribution is 2.73. The predicted octanol–water partition coefficient (Wildman–Crippen LogP) is 3.84. The maximum atomic E-state index is 11.7. The van der Waals surface area contributed by atoms with Crippen LogP contribution in [0.4, 0.5) is 0 Å². The number of hydrogen-bond donors (Lipinski definition) is 0. The predicted molar refractivity (Wildman–Crippen MR) is 67.1 cm³/mol. The summed E-state index contributed by atoms with van der Waals surface area (Å²) in [5.41, 5.74) is 1.42. The molecule has 2 rings (SSSR count). The largest absolute Gasteiger partial charge is 0.303 e. The van der Waals surface area contributed by atoms with Gasteiger partial charge in [0, 0.05) is 5.41 Å². The standard InChI is InChI=1S/C15H24O/c1-10(2)8-15(9-16)11(3)6-7-12-13(15)14(12,4)5/h9,11-13H,1,6-8H2,2-5H3. The first-order chi connectivity index (χ1) is 7.36. The van der Waals surface area contributed by atoms with Crippen molar-refractivity contribution in [2.45, 2.75) is 47.0 Å². The molecule has 0 amide bonds. The Morgan fingerprint density at radius 3 is 2.56 bits per heavy atom. The zero-order valence-corrected chi connectivity index (χ0v) is 11.0. The van der Waals surface area contributed by atoms with Crippen molar-refractivity contribution in [3.8, 4) is 0 Å². The van der Waals surface area contributed by atoms with Gasteiger partial charge in [0.05, 0.1) is 0 Å². The molecule has 2 fully saturated rings. The summed E-state index contributed by atoms with van der Waals surface area (Å²) in [6, 6.07) is 0. The monoisotopic (exact) mass is 220 g/mol. The van der Waals surface area contributed by atoms with Crippen molar-refractivity contribution in [1.82, 2.24) is 0 Å². The van der Waals surface area contributed by atoms with Crippen LogP contribution in [0.5, 0.6) is 0 Å². The highest BCUT2D eigenvalue weighted by molar-refractivity contribution is 5.63. The number of allylic oxidation sites excluding steroid dienone is 1. The summed E-state index contributed by atoms with van der Waals surface area (Å²) in [5, 5.41) is 0. The summed E-state index contributed by atoms with van der Waals surface area (Å²) in [4.78, 5) is 11.7. The average Bonchev–Trinajstić information content (AvgIpc) is 2.74. The third-order valence-corrected chi connectivity index (χ3v) is 5.29. The molecule has 1 nitrogen and oxygen atoms in total. The van der Waals surface area contributed by atoms with E-state index in [-0.39, 0.29) is 5.41 Å². The molecule has 2 saturated carbocycles. The molecule has 0 radical (unpaired) electrons. The molecule has 0 heterocycles. The van der Waals surface area contributed by atoms with Gasteiger partial charge in [0.25, 0.3) is 0 Å². The van der Waals surface area contributed by atoms with Gasteiger partial charge in [0.2, 0.25) is 0 Å². The zero-order valence-electron chi connectivity index (χ0n) is 11.0. The van der Waals surface area contributed by atoms with Gasteiger partial charge in [-0.3, -0.25) is 0 Å². The van der Waals surface area contributed by atoms with Crippen LogP contribution >= 0.6 is 0 Å². The van der Waals surface area contributed by atoms with Gasteiger partial charge in [-0.25, -0.2) is 0 Å². The van der Waals surface area contributed by atoms with Gasteiger partial charge in [0.1, 0.15) is 6.29 Å². The molecule has 90 valence electrons. The molecular formula is C15H24O. The first-order valence-electron chi connectivity index (χ1n) is 6.47. The van der Waals surface area contributed by atoms with E-state index in [9.17, 15) is 4.79 Å². The van der Waals surface area contributed by atoms with E-state index in [1.807, 2.05) is 0 Å². The van der Waals surface area contributed by atoms with Crippen LogP contribution in [0.25, 0.3) is 0 Å². The lowest BCUT2D eigenvalue weighted by Gasteiger charge is -2.39. The summed E-state index contributed by atoms with van der Waals surface area (Å²) in [7, 11) is 0. The Kier molecular flexibility index (Phi) is 2.56. The number of carbonyl (C=O) groups excluding carboxylic acids is 1. The van der Waals surface area contributed by atoms with Crippen LogP contribution < -0.4 is 0 Å². The van der Waals surface area contributed by atoms with Crippen LogP contribution in [0.2, 0.25) is 0 Å². The van der Waals surface area contributed by atoms with E-state index in [0.717, 1.165) is 17.9 Å². The van der Waals surface area contributed by atoms with E-state index in [2.05, 4.69) is 34.3 Å². The lowest BCUT2D eigenvalue weighted by molar-refractivity contribution is -0.122. The van der Waals surface area contributed by atoms with Crippen LogP contribution in [-0.2, 0) is 4.79 Å². The van der Waals surface area contributed by atoms with Crippen molar-refractivity contribution in [3.05, 3.63) is 12.2 Å². The highest BCUT2D eigenvalue weighted by Gasteiger charge is 2.69. The highest BCUT2D eigenvalue weighted by atomic mass is 16.1. The van der Waals surface area contributed by atoms with E-state index >= 15 is 0 Å². The van der Waals surface area contributed by atoms with E-state index < -0.39 is 0 Å². The third-order valence-electron chi connectivity index (χ3n) is 5.29. The SMILES string of the molecule is C=C(C)CC1(C=O)C(C)CCC2C1C2(C)C. The van der Waals surface area contributed by atoms with Crippen LogP contribution in [0.15, 0.2) is 12.2 Å². The molecule has 0 aromatic heterocycles. The number of hydrogen-bond acceptors (Lipinski definition) is 1. The normalized spacial score (nSPS) is 44.6. The quantitative estimate of drug-likeness (QED) is 0.521. The van der Waals surface area contributed by atoms with Crippen LogP contribution in [0.3, 0.4) is 0 Å². The first-order valence-corrected chi connectivity index (χ1v) is 6.47. The topological polar surface area (TPSA) is 17.1 Å². The lowest BCUT2D eigenvalue weighted by atomic mass is 9.64. The molecular weight excluding hydrogens is 196 g/mol. The lowest BCUT2D eigenvalue weighted by Crippen LogP contribution is -2.37. The van der Waals surface area contributed by atoms with Crippen molar-refractivity contribution >= 4 is 6.29 Å². The summed E-state index contributed by atoms with van der Waals surface area (Å²) < 4.78 is 0. The molecule has 0 bridgehead atoms. The molecule has 16 heavy (non-hydrogen) atoms. The fraction of sp³-hybridized carbons (Fsp3) is 0.800. The van der Waals surface area contributed by atoms with E-state index in [1.165, 1.54) is 19.1 Å². The second-order valence-corrected chi connectivity index (χ2v) is 6.75. The van der Waals surface area contributed by atoms with E-state index in [1.54, 1.807) is 0 Å². The Hall–Kier alpha value is -0.590. The molecule has 0 N–H and O–H groups in total. The van der Waals surface area contributed by atoms with Crippen LogP contribution in [0.1, 0.15) is 47.0 Å². The van der Waals surface area contributed by atoms with Crippen molar-refractivity contribution in [1.29, 1.82) is 0 Å².